The van der Waals surface area contributed by atoms with E-state index in [0.29, 0.717) is 33.8 Å². The molecular formula is C21H17ClN4O2. The molecule has 5 rings (SSSR count). The summed E-state index contributed by atoms with van der Waals surface area (Å²) in [5.41, 5.74) is 3.59. The van der Waals surface area contributed by atoms with Gasteiger partial charge in [0.05, 0.1) is 16.2 Å². The molecule has 0 spiro atoms. The maximum Gasteiger partial charge on any atom is 0.354 e. The molecule has 28 heavy (non-hydrogen) atoms. The molecule has 0 amide bonds. The van der Waals surface area contributed by atoms with Crippen molar-refractivity contribution in [3.05, 3.63) is 75.5 Å². The van der Waals surface area contributed by atoms with Crippen LogP contribution in [0.25, 0.3) is 16.6 Å². The second kappa shape index (κ2) is 6.49. The zero-order valence-corrected chi connectivity index (χ0v) is 15.9. The van der Waals surface area contributed by atoms with Gasteiger partial charge in [-0.2, -0.15) is 4.98 Å². The molecule has 0 radical (unpaired) electrons. The molecule has 4 aromatic rings. The second-order valence-corrected chi connectivity index (χ2v) is 7.43. The quantitative estimate of drug-likeness (QED) is 0.531. The molecule has 1 fully saturated rings. The van der Waals surface area contributed by atoms with Crippen LogP contribution < -0.4 is 11.0 Å². The van der Waals surface area contributed by atoms with Crippen molar-refractivity contribution in [3.63, 3.8) is 0 Å². The number of hydrogen-bond acceptors (Lipinski definition) is 5. The Morgan fingerprint density at radius 1 is 1.21 bits per heavy atom. The molecule has 0 bridgehead atoms. The summed E-state index contributed by atoms with van der Waals surface area (Å²) >= 11 is 6.40. The minimum Gasteiger partial charge on any atom is -0.362 e. The Labute approximate surface area is 165 Å². The Morgan fingerprint density at radius 3 is 2.75 bits per heavy atom. The van der Waals surface area contributed by atoms with Crippen molar-refractivity contribution >= 4 is 34.0 Å². The first kappa shape index (κ1) is 17.0. The van der Waals surface area contributed by atoms with Crippen molar-refractivity contribution < 1.29 is 4.52 Å². The van der Waals surface area contributed by atoms with Gasteiger partial charge in [0.1, 0.15) is 23.5 Å². The number of rotatable bonds is 4. The molecule has 140 valence electrons. The summed E-state index contributed by atoms with van der Waals surface area (Å²) in [5.74, 6) is 1.03. The van der Waals surface area contributed by atoms with E-state index in [4.69, 9.17) is 16.1 Å². The zero-order valence-electron chi connectivity index (χ0n) is 15.1. The number of nitrogens with zero attached hydrogens (tertiary/aromatic N) is 3. The first-order valence-corrected chi connectivity index (χ1v) is 9.49. The molecule has 6 nitrogen and oxygen atoms in total. The lowest BCUT2D eigenvalue weighted by molar-refractivity contribution is 0.415. The van der Waals surface area contributed by atoms with Gasteiger partial charge in [0.2, 0.25) is 0 Å². The Hall–Kier alpha value is -3.12. The number of aromatic nitrogens is 3. The highest BCUT2D eigenvalue weighted by molar-refractivity contribution is 6.32. The van der Waals surface area contributed by atoms with Crippen molar-refractivity contribution in [3.8, 4) is 5.69 Å². The number of nitrogens with one attached hydrogen (secondary N) is 1. The van der Waals surface area contributed by atoms with Gasteiger partial charge in [-0.25, -0.2) is 4.79 Å². The predicted molar refractivity (Wildman–Crippen MR) is 109 cm³/mol. The van der Waals surface area contributed by atoms with Crippen LogP contribution >= 0.6 is 11.6 Å². The predicted octanol–water partition coefficient (Wildman–Crippen LogP) is 4.96. The van der Waals surface area contributed by atoms with Crippen LogP contribution in [-0.2, 0) is 0 Å². The van der Waals surface area contributed by atoms with E-state index < -0.39 is 5.69 Å². The van der Waals surface area contributed by atoms with E-state index in [0.717, 1.165) is 10.9 Å². The maximum atomic E-state index is 13.0. The van der Waals surface area contributed by atoms with Crippen LogP contribution in [0.15, 0.2) is 58.0 Å². The number of aryl methyl sites for hydroxylation is 1. The van der Waals surface area contributed by atoms with E-state index in [-0.39, 0.29) is 0 Å². The van der Waals surface area contributed by atoms with Crippen LogP contribution in [0.1, 0.15) is 30.0 Å². The summed E-state index contributed by atoms with van der Waals surface area (Å²) in [4.78, 5) is 17.3. The van der Waals surface area contributed by atoms with E-state index in [9.17, 15) is 4.79 Å². The summed E-state index contributed by atoms with van der Waals surface area (Å²) in [6.45, 7) is 1.82. The van der Waals surface area contributed by atoms with Gasteiger partial charge in [0.15, 0.2) is 0 Å². The lowest BCUT2D eigenvalue weighted by Crippen LogP contribution is -2.23. The first-order valence-electron chi connectivity index (χ1n) is 9.11. The van der Waals surface area contributed by atoms with Crippen LogP contribution in [-0.4, -0.2) is 14.7 Å². The third-order valence-electron chi connectivity index (χ3n) is 5.06. The number of halogens is 1. The van der Waals surface area contributed by atoms with Crippen molar-refractivity contribution in [2.45, 2.75) is 25.7 Å². The minimum atomic E-state index is -0.398. The molecule has 2 heterocycles. The normalized spacial score (nSPS) is 13.8. The third kappa shape index (κ3) is 2.86. The average molecular weight is 393 g/mol. The lowest BCUT2D eigenvalue weighted by Gasteiger charge is -2.15. The summed E-state index contributed by atoms with van der Waals surface area (Å²) < 4.78 is 6.56. The first-order chi connectivity index (χ1) is 13.6. The molecular weight excluding hydrogens is 376 g/mol. The largest absolute Gasteiger partial charge is 0.362 e. The van der Waals surface area contributed by atoms with Gasteiger partial charge in [0, 0.05) is 5.39 Å². The Balaban J connectivity index is 1.78. The standard InChI is InChI=1S/C21H17ClN4O2/c1-12-17(11-28-25-12)23-20-15-9-8-14(13-6-7-13)10-19(15)26(21(27)24-20)18-5-3-2-4-16(18)22/h2-5,8-11,13H,6-7H2,1H3,(H,23,24,27). The number of para-hydroxylation sites is 1. The van der Waals surface area contributed by atoms with Gasteiger partial charge in [-0.3, -0.25) is 4.57 Å². The molecule has 1 aliphatic rings. The maximum absolute atomic E-state index is 13.0. The van der Waals surface area contributed by atoms with Gasteiger partial charge in [-0.1, -0.05) is 35.0 Å². The lowest BCUT2D eigenvalue weighted by atomic mass is 10.1. The zero-order chi connectivity index (χ0) is 19.3. The van der Waals surface area contributed by atoms with Crippen molar-refractivity contribution in [2.75, 3.05) is 5.32 Å². The average Bonchev–Trinajstić information content (AvgIpc) is 3.46. The molecule has 0 unspecified atom stereocenters. The van der Waals surface area contributed by atoms with Gasteiger partial charge in [-0.15, -0.1) is 0 Å². The highest BCUT2D eigenvalue weighted by Crippen LogP contribution is 2.41. The van der Waals surface area contributed by atoms with Crippen LogP contribution in [0.3, 0.4) is 0 Å². The van der Waals surface area contributed by atoms with E-state index in [1.807, 2.05) is 31.2 Å². The summed E-state index contributed by atoms with van der Waals surface area (Å²) in [6, 6.07) is 13.5. The highest BCUT2D eigenvalue weighted by Gasteiger charge is 2.25. The second-order valence-electron chi connectivity index (χ2n) is 7.02. The topological polar surface area (TPSA) is 73.0 Å². The van der Waals surface area contributed by atoms with Crippen LogP contribution in [0.5, 0.6) is 0 Å². The van der Waals surface area contributed by atoms with E-state index in [1.54, 1.807) is 10.6 Å². The minimum absolute atomic E-state index is 0.398. The molecule has 0 atom stereocenters. The Bertz CT molecular complexity index is 1260. The third-order valence-corrected chi connectivity index (χ3v) is 5.38. The van der Waals surface area contributed by atoms with Gasteiger partial charge >= 0.3 is 5.69 Å². The molecule has 7 heteroatoms. The van der Waals surface area contributed by atoms with Gasteiger partial charge in [-0.05, 0) is 55.5 Å². The Kier molecular flexibility index (Phi) is 3.94. The number of benzene rings is 2. The van der Waals surface area contributed by atoms with E-state index in [2.05, 4.69) is 27.6 Å². The fraction of sp³-hybridized carbons (Fsp3) is 0.190. The van der Waals surface area contributed by atoms with Crippen molar-refractivity contribution in [1.29, 1.82) is 0 Å². The number of hydrogen-bond donors (Lipinski definition) is 1. The van der Waals surface area contributed by atoms with Crippen molar-refractivity contribution in [1.82, 2.24) is 14.7 Å². The summed E-state index contributed by atoms with van der Waals surface area (Å²) in [5, 5.41) is 8.38. The Morgan fingerprint density at radius 2 is 2.04 bits per heavy atom. The van der Waals surface area contributed by atoms with Crippen LogP contribution in [0, 0.1) is 6.92 Å². The monoisotopic (exact) mass is 392 g/mol. The van der Waals surface area contributed by atoms with Crippen LogP contribution in [0.4, 0.5) is 11.5 Å². The van der Waals surface area contributed by atoms with Gasteiger partial charge in [0.25, 0.3) is 0 Å². The van der Waals surface area contributed by atoms with E-state index in [1.165, 1.54) is 24.7 Å². The molecule has 1 saturated carbocycles. The molecule has 1 N–H and O–H groups in total. The smallest absolute Gasteiger partial charge is 0.354 e. The van der Waals surface area contributed by atoms with Gasteiger partial charge < -0.3 is 9.84 Å². The highest BCUT2D eigenvalue weighted by atomic mass is 35.5. The fourth-order valence-corrected chi connectivity index (χ4v) is 3.63. The molecule has 2 aromatic heterocycles. The SMILES string of the molecule is Cc1nocc1Nc1nc(=O)n(-c2ccccc2Cl)c2cc(C3CC3)ccc12. The molecule has 0 saturated heterocycles. The molecule has 1 aliphatic carbocycles. The summed E-state index contributed by atoms with van der Waals surface area (Å²) in [7, 11) is 0. The fourth-order valence-electron chi connectivity index (χ4n) is 3.41. The van der Waals surface area contributed by atoms with E-state index >= 15 is 0 Å². The summed E-state index contributed by atoms with van der Waals surface area (Å²) in [6.07, 6.45) is 3.86. The van der Waals surface area contributed by atoms with Crippen LogP contribution in [0.2, 0.25) is 5.02 Å². The molecule has 0 aliphatic heterocycles. The number of fused-ring (bicyclic) bond motifs is 1. The number of anilines is 2. The van der Waals surface area contributed by atoms with Crippen molar-refractivity contribution in [2.24, 2.45) is 0 Å². The molecule has 2 aromatic carbocycles.